The van der Waals surface area contributed by atoms with Gasteiger partial charge in [-0.1, -0.05) is 13.8 Å². The third-order valence-electron chi connectivity index (χ3n) is 1.80. The average molecular weight is 181 g/mol. The summed E-state index contributed by atoms with van der Waals surface area (Å²) in [5, 5.41) is 12.4. The molecule has 0 spiro atoms. The molecule has 1 aromatic rings. The Morgan fingerprint density at radius 3 is 2.54 bits per heavy atom. The first-order valence-electron chi connectivity index (χ1n) is 4.39. The summed E-state index contributed by atoms with van der Waals surface area (Å²) in [5.74, 6) is 0.804. The first-order valence-corrected chi connectivity index (χ1v) is 4.39. The molecule has 1 rings (SSSR count). The summed E-state index contributed by atoms with van der Waals surface area (Å²) < 4.78 is 0. The summed E-state index contributed by atoms with van der Waals surface area (Å²) in [6.07, 6.45) is 2.97. The molecule has 4 nitrogen and oxygen atoms in total. The molecule has 1 heterocycles. The highest BCUT2D eigenvalue weighted by Gasteiger charge is 2.08. The lowest BCUT2D eigenvalue weighted by atomic mass is 10.1. The van der Waals surface area contributed by atoms with E-state index in [1.165, 1.54) is 0 Å². The van der Waals surface area contributed by atoms with E-state index in [0.717, 1.165) is 0 Å². The minimum absolute atomic E-state index is 0.246. The molecule has 1 atom stereocenters. The van der Waals surface area contributed by atoms with Gasteiger partial charge in [0.2, 0.25) is 5.95 Å². The zero-order valence-electron chi connectivity index (χ0n) is 7.94. The minimum atomic E-state index is -0.358. The van der Waals surface area contributed by atoms with E-state index < -0.39 is 0 Å². The Labute approximate surface area is 78.0 Å². The Hall–Kier alpha value is -1.16. The SMILES string of the molecule is CC(C)C(O)CNc1ncccn1. The lowest BCUT2D eigenvalue weighted by Crippen LogP contribution is -2.25. The molecule has 72 valence electrons. The Bertz CT molecular complexity index is 238. The van der Waals surface area contributed by atoms with E-state index in [2.05, 4.69) is 15.3 Å². The van der Waals surface area contributed by atoms with Crippen LogP contribution in [-0.2, 0) is 0 Å². The number of anilines is 1. The number of hydrogen-bond donors (Lipinski definition) is 2. The van der Waals surface area contributed by atoms with Crippen molar-refractivity contribution < 1.29 is 5.11 Å². The van der Waals surface area contributed by atoms with Crippen molar-refractivity contribution in [2.24, 2.45) is 5.92 Å². The predicted molar refractivity (Wildman–Crippen MR) is 51.4 cm³/mol. The lowest BCUT2D eigenvalue weighted by Gasteiger charge is -2.14. The molecule has 0 radical (unpaired) electrons. The summed E-state index contributed by atoms with van der Waals surface area (Å²) >= 11 is 0. The van der Waals surface area contributed by atoms with Gasteiger partial charge in [0, 0.05) is 18.9 Å². The quantitative estimate of drug-likeness (QED) is 0.724. The third-order valence-corrected chi connectivity index (χ3v) is 1.80. The normalized spacial score (nSPS) is 12.9. The molecule has 1 aromatic heterocycles. The van der Waals surface area contributed by atoms with Crippen molar-refractivity contribution in [2.75, 3.05) is 11.9 Å². The summed E-state index contributed by atoms with van der Waals surface area (Å²) in [6.45, 7) is 4.43. The molecule has 1 unspecified atom stereocenters. The molecule has 0 bridgehead atoms. The van der Waals surface area contributed by atoms with Gasteiger partial charge >= 0.3 is 0 Å². The smallest absolute Gasteiger partial charge is 0.222 e. The molecule has 0 aliphatic rings. The Morgan fingerprint density at radius 1 is 1.38 bits per heavy atom. The van der Waals surface area contributed by atoms with Crippen molar-refractivity contribution in [1.82, 2.24) is 9.97 Å². The molecule has 0 aliphatic heterocycles. The van der Waals surface area contributed by atoms with Gasteiger partial charge in [-0.15, -0.1) is 0 Å². The molecule has 0 saturated carbocycles. The van der Waals surface area contributed by atoms with Gasteiger partial charge in [-0.2, -0.15) is 0 Å². The second-order valence-electron chi connectivity index (χ2n) is 3.26. The van der Waals surface area contributed by atoms with Gasteiger partial charge in [0.15, 0.2) is 0 Å². The summed E-state index contributed by atoms with van der Waals surface area (Å²) in [4.78, 5) is 7.95. The van der Waals surface area contributed by atoms with E-state index in [1.54, 1.807) is 18.5 Å². The number of aliphatic hydroxyl groups is 1. The van der Waals surface area contributed by atoms with Crippen LogP contribution in [0.25, 0.3) is 0 Å². The minimum Gasteiger partial charge on any atom is -0.391 e. The van der Waals surface area contributed by atoms with Gasteiger partial charge in [0.05, 0.1) is 6.10 Å². The van der Waals surface area contributed by atoms with Crippen LogP contribution in [0.15, 0.2) is 18.5 Å². The molecular weight excluding hydrogens is 166 g/mol. The maximum Gasteiger partial charge on any atom is 0.222 e. The Balaban J connectivity index is 2.35. The molecule has 0 saturated heterocycles. The summed E-state index contributed by atoms with van der Waals surface area (Å²) in [6, 6.07) is 1.75. The topological polar surface area (TPSA) is 58.0 Å². The second kappa shape index (κ2) is 4.77. The first-order chi connectivity index (χ1) is 6.20. The molecule has 2 N–H and O–H groups in total. The van der Waals surface area contributed by atoms with Crippen LogP contribution in [0.3, 0.4) is 0 Å². The number of nitrogens with one attached hydrogen (secondary N) is 1. The zero-order valence-corrected chi connectivity index (χ0v) is 7.94. The highest BCUT2D eigenvalue weighted by molar-refractivity contribution is 5.22. The van der Waals surface area contributed by atoms with Crippen LogP contribution in [0.4, 0.5) is 5.95 Å². The van der Waals surface area contributed by atoms with Gasteiger partial charge in [-0.05, 0) is 12.0 Å². The standard InChI is InChI=1S/C9H15N3O/c1-7(2)8(13)6-12-9-10-4-3-5-11-9/h3-5,7-8,13H,6H2,1-2H3,(H,10,11,12). The van der Waals surface area contributed by atoms with Crippen LogP contribution in [-0.4, -0.2) is 27.7 Å². The van der Waals surface area contributed by atoms with Gasteiger partial charge in [-0.3, -0.25) is 0 Å². The van der Waals surface area contributed by atoms with Crippen LogP contribution in [0.2, 0.25) is 0 Å². The Kier molecular flexibility index (Phi) is 3.64. The average Bonchev–Trinajstić information content (AvgIpc) is 2.15. The van der Waals surface area contributed by atoms with E-state index in [0.29, 0.717) is 12.5 Å². The van der Waals surface area contributed by atoms with Crippen LogP contribution >= 0.6 is 0 Å². The second-order valence-corrected chi connectivity index (χ2v) is 3.26. The highest BCUT2D eigenvalue weighted by atomic mass is 16.3. The molecule has 0 aliphatic carbocycles. The van der Waals surface area contributed by atoms with E-state index >= 15 is 0 Å². The number of aromatic nitrogens is 2. The molecule has 0 amide bonds. The maximum absolute atomic E-state index is 9.47. The number of hydrogen-bond acceptors (Lipinski definition) is 4. The zero-order chi connectivity index (χ0) is 9.68. The highest BCUT2D eigenvalue weighted by Crippen LogP contribution is 2.02. The lowest BCUT2D eigenvalue weighted by molar-refractivity contribution is 0.137. The molecule has 0 fully saturated rings. The third kappa shape index (κ3) is 3.38. The monoisotopic (exact) mass is 181 g/mol. The fraction of sp³-hybridized carbons (Fsp3) is 0.556. The van der Waals surface area contributed by atoms with Crippen molar-refractivity contribution in [1.29, 1.82) is 0 Å². The molecular formula is C9H15N3O. The fourth-order valence-corrected chi connectivity index (χ4v) is 0.822. The van der Waals surface area contributed by atoms with Crippen molar-refractivity contribution in [2.45, 2.75) is 20.0 Å². The first kappa shape index (κ1) is 9.92. The number of rotatable bonds is 4. The van der Waals surface area contributed by atoms with E-state index in [9.17, 15) is 5.11 Å². The van der Waals surface area contributed by atoms with E-state index in [-0.39, 0.29) is 12.0 Å². The molecule has 0 aromatic carbocycles. The molecule has 13 heavy (non-hydrogen) atoms. The van der Waals surface area contributed by atoms with E-state index in [1.807, 2.05) is 13.8 Å². The van der Waals surface area contributed by atoms with Crippen LogP contribution in [0, 0.1) is 5.92 Å². The van der Waals surface area contributed by atoms with Crippen molar-refractivity contribution in [3.8, 4) is 0 Å². The van der Waals surface area contributed by atoms with Crippen LogP contribution in [0.5, 0.6) is 0 Å². The summed E-state index contributed by atoms with van der Waals surface area (Å²) in [5.41, 5.74) is 0. The van der Waals surface area contributed by atoms with Gasteiger partial charge in [-0.25, -0.2) is 9.97 Å². The summed E-state index contributed by atoms with van der Waals surface area (Å²) in [7, 11) is 0. The van der Waals surface area contributed by atoms with Gasteiger partial charge in [0.25, 0.3) is 0 Å². The predicted octanol–water partition coefficient (Wildman–Crippen LogP) is 0.905. The van der Waals surface area contributed by atoms with Crippen molar-refractivity contribution >= 4 is 5.95 Å². The van der Waals surface area contributed by atoms with Crippen molar-refractivity contribution in [3.63, 3.8) is 0 Å². The van der Waals surface area contributed by atoms with Gasteiger partial charge < -0.3 is 10.4 Å². The van der Waals surface area contributed by atoms with E-state index in [4.69, 9.17) is 0 Å². The molecule has 4 heteroatoms. The van der Waals surface area contributed by atoms with Crippen LogP contribution < -0.4 is 5.32 Å². The largest absolute Gasteiger partial charge is 0.391 e. The maximum atomic E-state index is 9.47. The van der Waals surface area contributed by atoms with Crippen molar-refractivity contribution in [3.05, 3.63) is 18.5 Å². The van der Waals surface area contributed by atoms with Gasteiger partial charge in [0.1, 0.15) is 0 Å². The number of aliphatic hydroxyl groups excluding tert-OH is 1. The van der Waals surface area contributed by atoms with Crippen LogP contribution in [0.1, 0.15) is 13.8 Å². The Morgan fingerprint density at radius 2 is 2.00 bits per heavy atom. The fourth-order valence-electron chi connectivity index (χ4n) is 0.822. The number of nitrogens with zero attached hydrogens (tertiary/aromatic N) is 2.